The number of rotatable bonds is 2. The molecule has 0 unspecified atom stereocenters. The molecule has 3 heteroatoms. The molecule has 1 aliphatic rings. The lowest BCUT2D eigenvalue weighted by Gasteiger charge is -2.23. The van der Waals surface area contributed by atoms with E-state index >= 15 is 0 Å². The number of aryl methyl sites for hydroxylation is 1. The van der Waals surface area contributed by atoms with Gasteiger partial charge in [0, 0.05) is 0 Å². The Labute approximate surface area is 105 Å². The van der Waals surface area contributed by atoms with Gasteiger partial charge in [-0.25, -0.2) is 4.39 Å². The lowest BCUT2D eigenvalue weighted by atomic mass is 9.89. The molecular weight excluding hydrogens is 269 g/mol. The van der Waals surface area contributed by atoms with E-state index in [0.29, 0.717) is 10.4 Å². The second kappa shape index (κ2) is 5.28. The topological polar surface area (TPSA) is 12.0 Å². The monoisotopic (exact) mass is 285 g/mol. The standard InChI is InChI=1S/C13H17BrFN/c1-9-2-3-12(15)13(14)11(9)8-10-4-6-16-7-5-10/h2-3,10,16H,4-8H2,1H3. The van der Waals surface area contributed by atoms with Gasteiger partial charge in [-0.2, -0.15) is 0 Å². The molecule has 1 N–H and O–H groups in total. The van der Waals surface area contributed by atoms with E-state index in [2.05, 4.69) is 28.2 Å². The van der Waals surface area contributed by atoms with E-state index in [9.17, 15) is 4.39 Å². The average Bonchev–Trinajstić information content (AvgIpc) is 2.31. The van der Waals surface area contributed by atoms with Gasteiger partial charge in [0.15, 0.2) is 0 Å². The number of hydrogen-bond donors (Lipinski definition) is 1. The van der Waals surface area contributed by atoms with E-state index in [1.807, 2.05) is 6.07 Å². The zero-order chi connectivity index (χ0) is 11.5. The Morgan fingerprint density at radius 3 is 2.75 bits per heavy atom. The first-order valence-corrected chi connectivity index (χ1v) is 6.62. The SMILES string of the molecule is Cc1ccc(F)c(Br)c1CC1CCNCC1. The summed E-state index contributed by atoms with van der Waals surface area (Å²) in [6, 6.07) is 3.40. The van der Waals surface area contributed by atoms with Crippen molar-refractivity contribution >= 4 is 15.9 Å². The van der Waals surface area contributed by atoms with Gasteiger partial charge in [0.25, 0.3) is 0 Å². The van der Waals surface area contributed by atoms with Crippen LogP contribution in [0.4, 0.5) is 4.39 Å². The van der Waals surface area contributed by atoms with E-state index < -0.39 is 0 Å². The van der Waals surface area contributed by atoms with Crippen molar-refractivity contribution in [1.29, 1.82) is 0 Å². The summed E-state index contributed by atoms with van der Waals surface area (Å²) in [5.41, 5.74) is 2.33. The highest BCUT2D eigenvalue weighted by atomic mass is 79.9. The molecule has 1 nitrogen and oxygen atoms in total. The first-order chi connectivity index (χ1) is 7.68. The lowest BCUT2D eigenvalue weighted by Crippen LogP contribution is -2.28. The molecule has 1 fully saturated rings. The second-order valence-corrected chi connectivity index (χ2v) is 5.35. The van der Waals surface area contributed by atoms with Crippen LogP contribution in [0.2, 0.25) is 0 Å². The van der Waals surface area contributed by atoms with Crippen LogP contribution in [0, 0.1) is 18.7 Å². The summed E-state index contributed by atoms with van der Waals surface area (Å²) in [6.45, 7) is 4.24. The largest absolute Gasteiger partial charge is 0.317 e. The van der Waals surface area contributed by atoms with Crippen molar-refractivity contribution in [3.63, 3.8) is 0 Å². The molecule has 0 atom stereocenters. The van der Waals surface area contributed by atoms with Crippen LogP contribution < -0.4 is 5.32 Å². The highest BCUT2D eigenvalue weighted by molar-refractivity contribution is 9.10. The summed E-state index contributed by atoms with van der Waals surface area (Å²) in [6.07, 6.45) is 3.39. The van der Waals surface area contributed by atoms with E-state index in [-0.39, 0.29) is 5.82 Å². The van der Waals surface area contributed by atoms with Crippen molar-refractivity contribution in [3.05, 3.63) is 33.5 Å². The van der Waals surface area contributed by atoms with E-state index in [1.54, 1.807) is 0 Å². The summed E-state index contributed by atoms with van der Waals surface area (Å²) in [5, 5.41) is 3.36. The molecule has 88 valence electrons. The smallest absolute Gasteiger partial charge is 0.137 e. The van der Waals surface area contributed by atoms with Crippen molar-refractivity contribution in [3.8, 4) is 0 Å². The maximum Gasteiger partial charge on any atom is 0.137 e. The fourth-order valence-electron chi connectivity index (χ4n) is 2.31. The van der Waals surface area contributed by atoms with Gasteiger partial charge in [-0.15, -0.1) is 0 Å². The van der Waals surface area contributed by atoms with Crippen molar-refractivity contribution < 1.29 is 4.39 Å². The first-order valence-electron chi connectivity index (χ1n) is 5.82. The lowest BCUT2D eigenvalue weighted by molar-refractivity contribution is 0.371. The third-order valence-corrected chi connectivity index (χ3v) is 4.24. The quantitative estimate of drug-likeness (QED) is 0.878. The molecule has 0 aromatic heterocycles. The Morgan fingerprint density at radius 2 is 2.06 bits per heavy atom. The van der Waals surface area contributed by atoms with Crippen molar-refractivity contribution in [2.24, 2.45) is 5.92 Å². The zero-order valence-corrected chi connectivity index (χ0v) is 11.1. The van der Waals surface area contributed by atoms with Gasteiger partial charge in [-0.1, -0.05) is 6.07 Å². The van der Waals surface area contributed by atoms with E-state index in [1.165, 1.54) is 24.5 Å². The van der Waals surface area contributed by atoms with Gasteiger partial charge in [0.05, 0.1) is 4.47 Å². The third kappa shape index (κ3) is 2.64. The zero-order valence-electron chi connectivity index (χ0n) is 9.52. The Bertz CT molecular complexity index is 372. The predicted molar refractivity (Wildman–Crippen MR) is 68.1 cm³/mol. The highest BCUT2D eigenvalue weighted by Crippen LogP contribution is 2.28. The first kappa shape index (κ1) is 12.1. The minimum atomic E-state index is -0.144. The maximum absolute atomic E-state index is 13.5. The number of benzene rings is 1. The molecule has 1 aromatic carbocycles. The summed E-state index contributed by atoms with van der Waals surface area (Å²) in [4.78, 5) is 0. The molecule has 1 aliphatic heterocycles. The fourth-order valence-corrected chi connectivity index (χ4v) is 2.92. The molecule has 0 spiro atoms. The number of hydrogen-bond acceptors (Lipinski definition) is 1. The summed E-state index contributed by atoms with van der Waals surface area (Å²) < 4.78 is 14.1. The minimum absolute atomic E-state index is 0.144. The van der Waals surface area contributed by atoms with E-state index in [4.69, 9.17) is 0 Å². The van der Waals surface area contributed by atoms with Crippen LogP contribution >= 0.6 is 15.9 Å². The van der Waals surface area contributed by atoms with E-state index in [0.717, 1.165) is 25.1 Å². The second-order valence-electron chi connectivity index (χ2n) is 4.55. The van der Waals surface area contributed by atoms with Crippen LogP contribution in [0.5, 0.6) is 0 Å². The third-order valence-electron chi connectivity index (χ3n) is 3.38. The molecule has 0 bridgehead atoms. The summed E-state index contributed by atoms with van der Waals surface area (Å²) >= 11 is 3.37. The molecule has 2 rings (SSSR count). The molecule has 0 aliphatic carbocycles. The Hall–Kier alpha value is -0.410. The van der Waals surface area contributed by atoms with Crippen LogP contribution in [-0.2, 0) is 6.42 Å². The normalized spacial score (nSPS) is 17.7. The van der Waals surface area contributed by atoms with Crippen molar-refractivity contribution in [2.75, 3.05) is 13.1 Å². The molecule has 1 saturated heterocycles. The predicted octanol–water partition coefficient (Wildman–Crippen LogP) is 3.44. The van der Waals surface area contributed by atoms with Crippen LogP contribution in [0.3, 0.4) is 0 Å². The van der Waals surface area contributed by atoms with Gasteiger partial charge in [0.2, 0.25) is 0 Å². The summed E-state index contributed by atoms with van der Waals surface area (Å²) in [5.74, 6) is 0.549. The van der Waals surface area contributed by atoms with Gasteiger partial charge in [-0.05, 0) is 78.3 Å². The Balaban J connectivity index is 2.16. The van der Waals surface area contributed by atoms with Crippen LogP contribution in [0.15, 0.2) is 16.6 Å². The highest BCUT2D eigenvalue weighted by Gasteiger charge is 2.17. The Kier molecular flexibility index (Phi) is 3.98. The number of halogens is 2. The molecular formula is C13H17BrFN. The molecule has 0 radical (unpaired) electrons. The maximum atomic E-state index is 13.5. The van der Waals surface area contributed by atoms with Crippen molar-refractivity contribution in [1.82, 2.24) is 5.32 Å². The van der Waals surface area contributed by atoms with Crippen molar-refractivity contribution in [2.45, 2.75) is 26.2 Å². The summed E-state index contributed by atoms with van der Waals surface area (Å²) in [7, 11) is 0. The van der Waals surface area contributed by atoms with Gasteiger partial charge < -0.3 is 5.32 Å². The number of nitrogens with one attached hydrogen (secondary N) is 1. The molecule has 0 amide bonds. The molecule has 1 aromatic rings. The van der Waals surface area contributed by atoms with Gasteiger partial charge in [-0.3, -0.25) is 0 Å². The molecule has 1 heterocycles. The van der Waals surface area contributed by atoms with Crippen LogP contribution in [0.1, 0.15) is 24.0 Å². The minimum Gasteiger partial charge on any atom is -0.317 e. The van der Waals surface area contributed by atoms with Crippen LogP contribution in [0.25, 0.3) is 0 Å². The van der Waals surface area contributed by atoms with Gasteiger partial charge >= 0.3 is 0 Å². The molecule has 0 saturated carbocycles. The fraction of sp³-hybridized carbons (Fsp3) is 0.538. The Morgan fingerprint density at radius 1 is 1.38 bits per heavy atom. The number of piperidine rings is 1. The average molecular weight is 286 g/mol. The molecule has 16 heavy (non-hydrogen) atoms. The van der Waals surface area contributed by atoms with Gasteiger partial charge in [0.1, 0.15) is 5.82 Å². The van der Waals surface area contributed by atoms with Crippen LogP contribution in [-0.4, -0.2) is 13.1 Å².